The summed E-state index contributed by atoms with van der Waals surface area (Å²) in [6.45, 7) is 12.4. The predicted octanol–water partition coefficient (Wildman–Crippen LogP) is 2.90. The number of nitrogens with zero attached hydrogens (tertiary/aromatic N) is 1. The highest BCUT2D eigenvalue weighted by Gasteiger charge is 2.31. The lowest BCUT2D eigenvalue weighted by molar-refractivity contribution is 0.0247. The second kappa shape index (κ2) is 8.93. The molecule has 114 valence electrons. The fourth-order valence-electron chi connectivity index (χ4n) is 3.31. The Labute approximate surface area is 120 Å². The Hall–Kier alpha value is -0.120. The minimum atomic E-state index is 0.594. The maximum Gasteiger partial charge on any atom is 0.0618 e. The molecule has 1 fully saturated rings. The van der Waals surface area contributed by atoms with Crippen LogP contribution in [0.1, 0.15) is 53.4 Å². The first-order valence-corrected chi connectivity index (χ1v) is 8.10. The van der Waals surface area contributed by atoms with Crippen molar-refractivity contribution in [2.75, 3.05) is 26.8 Å². The Morgan fingerprint density at radius 1 is 1.32 bits per heavy atom. The van der Waals surface area contributed by atoms with E-state index in [0.717, 1.165) is 19.1 Å². The molecular formula is C16H34N2O. The van der Waals surface area contributed by atoms with Gasteiger partial charge in [0.25, 0.3) is 0 Å². The normalized spacial score (nSPS) is 26.8. The molecule has 3 unspecified atom stereocenters. The van der Waals surface area contributed by atoms with Gasteiger partial charge in [0.1, 0.15) is 0 Å². The molecule has 3 heteroatoms. The van der Waals surface area contributed by atoms with Crippen LogP contribution in [0.5, 0.6) is 0 Å². The van der Waals surface area contributed by atoms with E-state index in [1.807, 2.05) is 7.11 Å². The summed E-state index contributed by atoms with van der Waals surface area (Å²) >= 11 is 0. The van der Waals surface area contributed by atoms with Crippen LogP contribution in [0.4, 0.5) is 0 Å². The molecule has 3 atom stereocenters. The van der Waals surface area contributed by atoms with Gasteiger partial charge in [-0.05, 0) is 25.2 Å². The lowest BCUT2D eigenvalue weighted by atomic mass is 9.96. The van der Waals surface area contributed by atoms with Gasteiger partial charge in [0.05, 0.1) is 6.61 Å². The first-order chi connectivity index (χ1) is 9.12. The van der Waals surface area contributed by atoms with Gasteiger partial charge in [-0.15, -0.1) is 0 Å². The molecular weight excluding hydrogens is 236 g/mol. The molecule has 1 aliphatic rings. The van der Waals surface area contributed by atoms with Crippen molar-refractivity contribution < 1.29 is 4.74 Å². The topological polar surface area (TPSA) is 24.5 Å². The second-order valence-corrected chi connectivity index (χ2v) is 6.39. The number of hydrogen-bond acceptors (Lipinski definition) is 3. The molecule has 0 amide bonds. The highest BCUT2D eigenvalue weighted by atomic mass is 16.5. The van der Waals surface area contributed by atoms with Gasteiger partial charge >= 0.3 is 0 Å². The molecule has 0 spiro atoms. The third-order valence-electron chi connectivity index (χ3n) is 4.22. The number of nitrogens with one attached hydrogen (secondary N) is 1. The van der Waals surface area contributed by atoms with Crippen molar-refractivity contribution in [1.82, 2.24) is 10.2 Å². The number of piperazine rings is 1. The molecule has 0 aromatic heterocycles. The Morgan fingerprint density at radius 2 is 2.05 bits per heavy atom. The van der Waals surface area contributed by atoms with E-state index in [0.29, 0.717) is 18.1 Å². The standard InChI is InChI=1S/C16H34N2O/c1-6-8-16(12-19-5)18-11-14(9-13(3)4)17-10-15(18)7-2/h13-17H,6-12H2,1-5H3. The Bertz CT molecular complexity index is 227. The zero-order valence-corrected chi connectivity index (χ0v) is 13.6. The van der Waals surface area contributed by atoms with E-state index in [9.17, 15) is 0 Å². The van der Waals surface area contributed by atoms with Crippen LogP contribution < -0.4 is 5.32 Å². The van der Waals surface area contributed by atoms with E-state index in [-0.39, 0.29) is 0 Å². The molecule has 1 aliphatic heterocycles. The average Bonchev–Trinajstić information content (AvgIpc) is 2.38. The number of hydrogen-bond donors (Lipinski definition) is 1. The Kier molecular flexibility index (Phi) is 7.96. The van der Waals surface area contributed by atoms with Crippen molar-refractivity contribution in [3.05, 3.63) is 0 Å². The Morgan fingerprint density at radius 3 is 2.58 bits per heavy atom. The van der Waals surface area contributed by atoms with Gasteiger partial charge in [0, 0.05) is 38.3 Å². The molecule has 1 saturated heterocycles. The molecule has 0 aliphatic carbocycles. The molecule has 19 heavy (non-hydrogen) atoms. The molecule has 0 radical (unpaired) electrons. The molecule has 0 aromatic carbocycles. The third-order valence-corrected chi connectivity index (χ3v) is 4.22. The second-order valence-electron chi connectivity index (χ2n) is 6.39. The number of methoxy groups -OCH3 is 1. The maximum atomic E-state index is 5.46. The lowest BCUT2D eigenvalue weighted by Gasteiger charge is -2.45. The summed E-state index contributed by atoms with van der Waals surface area (Å²) in [4.78, 5) is 2.72. The van der Waals surface area contributed by atoms with Crippen molar-refractivity contribution in [3.63, 3.8) is 0 Å². The molecule has 0 aromatic rings. The SMILES string of the molecule is CCCC(COC)N1CC(CC(C)C)NCC1CC. The largest absolute Gasteiger partial charge is 0.383 e. The van der Waals surface area contributed by atoms with E-state index in [1.54, 1.807) is 0 Å². The quantitative estimate of drug-likeness (QED) is 0.734. The number of ether oxygens (including phenoxy) is 1. The highest BCUT2D eigenvalue weighted by molar-refractivity contribution is 4.89. The van der Waals surface area contributed by atoms with Crippen LogP contribution in [-0.4, -0.2) is 49.8 Å². The van der Waals surface area contributed by atoms with E-state index < -0.39 is 0 Å². The lowest BCUT2D eigenvalue weighted by Crippen LogP contribution is -2.60. The van der Waals surface area contributed by atoms with Crippen molar-refractivity contribution in [2.24, 2.45) is 5.92 Å². The zero-order valence-electron chi connectivity index (χ0n) is 13.6. The van der Waals surface area contributed by atoms with Gasteiger partial charge in [0.2, 0.25) is 0 Å². The first kappa shape index (κ1) is 16.9. The summed E-state index contributed by atoms with van der Waals surface area (Å²) in [5.74, 6) is 0.768. The van der Waals surface area contributed by atoms with Gasteiger partial charge in [-0.3, -0.25) is 4.90 Å². The molecule has 0 saturated carbocycles. The minimum absolute atomic E-state index is 0.594. The molecule has 1 heterocycles. The zero-order chi connectivity index (χ0) is 14.3. The van der Waals surface area contributed by atoms with Crippen molar-refractivity contribution >= 4 is 0 Å². The molecule has 3 nitrogen and oxygen atoms in total. The molecule has 1 rings (SSSR count). The van der Waals surface area contributed by atoms with Gasteiger partial charge in [-0.2, -0.15) is 0 Å². The van der Waals surface area contributed by atoms with Gasteiger partial charge in [-0.25, -0.2) is 0 Å². The van der Waals surface area contributed by atoms with Crippen LogP contribution in [-0.2, 0) is 4.74 Å². The van der Waals surface area contributed by atoms with E-state index in [1.165, 1.54) is 32.2 Å². The van der Waals surface area contributed by atoms with E-state index >= 15 is 0 Å². The summed E-state index contributed by atoms with van der Waals surface area (Å²) in [7, 11) is 1.83. The first-order valence-electron chi connectivity index (χ1n) is 8.10. The van der Waals surface area contributed by atoms with Crippen molar-refractivity contribution in [1.29, 1.82) is 0 Å². The van der Waals surface area contributed by atoms with E-state index in [4.69, 9.17) is 4.74 Å². The summed E-state index contributed by atoms with van der Waals surface area (Å²) in [5.41, 5.74) is 0. The Balaban J connectivity index is 2.65. The van der Waals surface area contributed by atoms with Crippen LogP contribution in [0, 0.1) is 5.92 Å². The van der Waals surface area contributed by atoms with Crippen LogP contribution in [0.2, 0.25) is 0 Å². The van der Waals surface area contributed by atoms with Gasteiger partial charge in [-0.1, -0.05) is 34.1 Å². The van der Waals surface area contributed by atoms with E-state index in [2.05, 4.69) is 37.9 Å². The van der Waals surface area contributed by atoms with Crippen molar-refractivity contribution in [2.45, 2.75) is 71.5 Å². The fourth-order valence-corrected chi connectivity index (χ4v) is 3.31. The fraction of sp³-hybridized carbons (Fsp3) is 1.00. The summed E-state index contributed by atoms with van der Waals surface area (Å²) in [6, 6.07) is 1.92. The third kappa shape index (κ3) is 5.41. The predicted molar refractivity (Wildman–Crippen MR) is 82.6 cm³/mol. The van der Waals surface area contributed by atoms with Crippen molar-refractivity contribution in [3.8, 4) is 0 Å². The monoisotopic (exact) mass is 270 g/mol. The maximum absolute atomic E-state index is 5.46. The highest BCUT2D eigenvalue weighted by Crippen LogP contribution is 2.20. The molecule has 1 N–H and O–H groups in total. The van der Waals surface area contributed by atoms with Crippen LogP contribution in [0.3, 0.4) is 0 Å². The summed E-state index contributed by atoms with van der Waals surface area (Å²) in [6.07, 6.45) is 4.99. The van der Waals surface area contributed by atoms with Crippen LogP contribution in [0.15, 0.2) is 0 Å². The van der Waals surface area contributed by atoms with Crippen LogP contribution in [0.25, 0.3) is 0 Å². The van der Waals surface area contributed by atoms with Crippen LogP contribution >= 0.6 is 0 Å². The van der Waals surface area contributed by atoms with Gasteiger partial charge in [0.15, 0.2) is 0 Å². The summed E-state index contributed by atoms with van der Waals surface area (Å²) in [5, 5.41) is 3.74. The average molecular weight is 270 g/mol. The van der Waals surface area contributed by atoms with Gasteiger partial charge < -0.3 is 10.1 Å². The minimum Gasteiger partial charge on any atom is -0.383 e. The smallest absolute Gasteiger partial charge is 0.0618 e. The summed E-state index contributed by atoms with van der Waals surface area (Å²) < 4.78 is 5.46. The molecule has 0 bridgehead atoms. The number of rotatable bonds is 8.